The lowest BCUT2D eigenvalue weighted by atomic mass is 10.0. The topological polar surface area (TPSA) is 57.5 Å². The van der Waals surface area contributed by atoms with Crippen LogP contribution in [0, 0.1) is 6.92 Å². The molecule has 1 atom stereocenters. The first kappa shape index (κ1) is 24.9. The number of rotatable bonds is 9. The number of aliphatic imine (C=N–C) groups is 1. The summed E-state index contributed by atoms with van der Waals surface area (Å²) >= 11 is 0. The normalized spacial score (nSPS) is 17.7. The van der Waals surface area contributed by atoms with Gasteiger partial charge in [-0.3, -0.25) is 4.99 Å². The highest BCUT2D eigenvalue weighted by atomic mass is 127. The van der Waals surface area contributed by atoms with Crippen molar-refractivity contribution in [3.63, 3.8) is 0 Å². The SMILES string of the molecule is CN=C(NCCCCN1CCCCC1C)NCCCn1c(C)nc2ccccc21.I. The van der Waals surface area contributed by atoms with Crippen LogP contribution in [0.5, 0.6) is 0 Å². The second-order valence-corrected chi connectivity index (χ2v) is 8.17. The van der Waals surface area contributed by atoms with Crippen molar-refractivity contribution in [3.8, 4) is 0 Å². The standard InChI is InChI=1S/C23H38N6.HI/c1-19-11-6-8-16-28(19)17-9-7-14-25-23(24-3)26-15-10-18-29-20(2)27-21-12-4-5-13-22(21)29;/h4-5,12-13,19H,6-11,14-18H2,1-3H3,(H2,24,25,26);1H. The van der Waals surface area contributed by atoms with Crippen molar-refractivity contribution in [1.82, 2.24) is 25.1 Å². The molecule has 1 fully saturated rings. The molecule has 6 nitrogen and oxygen atoms in total. The molecule has 30 heavy (non-hydrogen) atoms. The highest BCUT2D eigenvalue weighted by molar-refractivity contribution is 14.0. The average molecular weight is 527 g/mol. The third kappa shape index (κ3) is 7.11. The predicted octanol–water partition coefficient (Wildman–Crippen LogP) is 4.17. The molecular formula is C23H39IN6. The van der Waals surface area contributed by atoms with Crippen molar-refractivity contribution >= 4 is 41.0 Å². The Morgan fingerprint density at radius 1 is 1.10 bits per heavy atom. The summed E-state index contributed by atoms with van der Waals surface area (Å²) in [6, 6.07) is 9.12. The number of hydrogen-bond acceptors (Lipinski definition) is 3. The van der Waals surface area contributed by atoms with Crippen LogP contribution >= 0.6 is 24.0 Å². The van der Waals surface area contributed by atoms with E-state index in [0.717, 1.165) is 49.4 Å². The van der Waals surface area contributed by atoms with Crippen molar-refractivity contribution in [3.05, 3.63) is 30.1 Å². The molecule has 1 unspecified atom stereocenters. The van der Waals surface area contributed by atoms with Gasteiger partial charge >= 0.3 is 0 Å². The minimum absolute atomic E-state index is 0. The molecule has 2 heterocycles. The molecule has 1 aliphatic rings. The van der Waals surface area contributed by atoms with Crippen molar-refractivity contribution in [2.45, 2.75) is 65.0 Å². The molecule has 168 valence electrons. The molecule has 0 bridgehead atoms. The molecule has 2 aromatic rings. The van der Waals surface area contributed by atoms with Crippen LogP contribution in [0.4, 0.5) is 0 Å². The fourth-order valence-corrected chi connectivity index (χ4v) is 4.28. The number of halogens is 1. The van der Waals surface area contributed by atoms with Gasteiger partial charge in [-0.15, -0.1) is 24.0 Å². The van der Waals surface area contributed by atoms with Gasteiger partial charge in [0.1, 0.15) is 5.82 Å². The van der Waals surface area contributed by atoms with E-state index in [4.69, 9.17) is 0 Å². The van der Waals surface area contributed by atoms with Gasteiger partial charge < -0.3 is 20.1 Å². The molecule has 0 spiro atoms. The quantitative estimate of drug-likeness (QED) is 0.223. The lowest BCUT2D eigenvalue weighted by molar-refractivity contribution is 0.158. The maximum atomic E-state index is 4.64. The van der Waals surface area contributed by atoms with Gasteiger partial charge in [0.2, 0.25) is 0 Å². The van der Waals surface area contributed by atoms with Crippen LogP contribution in [0.2, 0.25) is 0 Å². The number of benzene rings is 1. The predicted molar refractivity (Wildman–Crippen MR) is 138 cm³/mol. The van der Waals surface area contributed by atoms with Crippen LogP contribution in [0.3, 0.4) is 0 Å². The van der Waals surface area contributed by atoms with Gasteiger partial charge in [-0.1, -0.05) is 18.6 Å². The number of likely N-dealkylation sites (tertiary alicyclic amines) is 1. The molecule has 1 saturated heterocycles. The molecule has 2 N–H and O–H groups in total. The molecule has 1 aromatic heterocycles. The van der Waals surface area contributed by atoms with E-state index in [-0.39, 0.29) is 24.0 Å². The number of imidazole rings is 1. The Balaban J connectivity index is 0.00000320. The smallest absolute Gasteiger partial charge is 0.190 e. The zero-order valence-corrected chi connectivity index (χ0v) is 21.2. The Kier molecular flexibility index (Phi) is 10.9. The molecule has 7 heteroatoms. The van der Waals surface area contributed by atoms with Crippen molar-refractivity contribution in [2.75, 3.05) is 33.2 Å². The number of aryl methyl sites for hydroxylation is 2. The van der Waals surface area contributed by atoms with E-state index in [1.807, 2.05) is 13.1 Å². The van der Waals surface area contributed by atoms with Crippen molar-refractivity contribution in [1.29, 1.82) is 0 Å². The zero-order chi connectivity index (χ0) is 20.5. The lowest BCUT2D eigenvalue weighted by Crippen LogP contribution is -2.39. The first-order valence-corrected chi connectivity index (χ1v) is 11.3. The summed E-state index contributed by atoms with van der Waals surface area (Å²) in [7, 11) is 1.85. The van der Waals surface area contributed by atoms with E-state index in [9.17, 15) is 0 Å². The van der Waals surface area contributed by atoms with E-state index in [0.29, 0.717) is 0 Å². The van der Waals surface area contributed by atoms with Crippen LogP contribution in [0.15, 0.2) is 29.3 Å². The first-order valence-electron chi connectivity index (χ1n) is 11.3. The summed E-state index contributed by atoms with van der Waals surface area (Å²) in [6.07, 6.45) is 7.61. The maximum absolute atomic E-state index is 4.64. The number of fused-ring (bicyclic) bond motifs is 1. The number of nitrogens with one attached hydrogen (secondary N) is 2. The van der Waals surface area contributed by atoms with Gasteiger partial charge in [0.05, 0.1) is 11.0 Å². The largest absolute Gasteiger partial charge is 0.356 e. The van der Waals surface area contributed by atoms with E-state index >= 15 is 0 Å². The Hall–Kier alpha value is -1.35. The minimum atomic E-state index is 0. The number of piperidine rings is 1. The Morgan fingerprint density at radius 2 is 1.87 bits per heavy atom. The van der Waals surface area contributed by atoms with E-state index < -0.39 is 0 Å². The fourth-order valence-electron chi connectivity index (χ4n) is 4.28. The van der Waals surface area contributed by atoms with Gasteiger partial charge in [-0.2, -0.15) is 0 Å². The van der Waals surface area contributed by atoms with E-state index in [1.165, 1.54) is 50.7 Å². The number of guanidine groups is 1. The minimum Gasteiger partial charge on any atom is -0.356 e. The van der Waals surface area contributed by atoms with Gasteiger partial charge in [0, 0.05) is 32.7 Å². The van der Waals surface area contributed by atoms with Crippen LogP contribution in [-0.2, 0) is 6.54 Å². The lowest BCUT2D eigenvalue weighted by Gasteiger charge is -2.33. The van der Waals surface area contributed by atoms with Gasteiger partial charge in [0.25, 0.3) is 0 Å². The molecule has 0 amide bonds. The van der Waals surface area contributed by atoms with Crippen LogP contribution in [0.1, 0.15) is 51.3 Å². The molecule has 3 rings (SSSR count). The summed E-state index contributed by atoms with van der Waals surface area (Å²) in [5, 5.41) is 6.90. The second-order valence-electron chi connectivity index (χ2n) is 8.17. The van der Waals surface area contributed by atoms with Gasteiger partial charge in [-0.05, 0) is 71.2 Å². The van der Waals surface area contributed by atoms with Crippen molar-refractivity contribution in [2.24, 2.45) is 4.99 Å². The molecule has 1 aromatic carbocycles. The molecule has 0 saturated carbocycles. The second kappa shape index (κ2) is 13.1. The Labute approximate surface area is 198 Å². The van der Waals surface area contributed by atoms with E-state index in [1.54, 1.807) is 0 Å². The first-order chi connectivity index (χ1) is 14.2. The molecule has 0 aliphatic carbocycles. The summed E-state index contributed by atoms with van der Waals surface area (Å²) in [5.41, 5.74) is 2.30. The van der Waals surface area contributed by atoms with E-state index in [2.05, 4.69) is 62.1 Å². The monoisotopic (exact) mass is 526 g/mol. The fraction of sp³-hybridized carbons (Fsp3) is 0.652. The average Bonchev–Trinajstić information content (AvgIpc) is 3.05. The Morgan fingerprint density at radius 3 is 2.63 bits per heavy atom. The van der Waals surface area contributed by atoms with Gasteiger partial charge in [-0.25, -0.2) is 4.98 Å². The van der Waals surface area contributed by atoms with Crippen molar-refractivity contribution < 1.29 is 0 Å². The highest BCUT2D eigenvalue weighted by Gasteiger charge is 2.16. The molecular weight excluding hydrogens is 487 g/mol. The molecule has 0 radical (unpaired) electrons. The number of aromatic nitrogens is 2. The van der Waals surface area contributed by atoms with Crippen LogP contribution in [0.25, 0.3) is 11.0 Å². The summed E-state index contributed by atoms with van der Waals surface area (Å²) in [5.74, 6) is 1.99. The maximum Gasteiger partial charge on any atom is 0.190 e. The van der Waals surface area contributed by atoms with Crippen LogP contribution in [-0.4, -0.2) is 59.7 Å². The third-order valence-electron chi connectivity index (χ3n) is 6.03. The third-order valence-corrected chi connectivity index (χ3v) is 6.03. The summed E-state index contributed by atoms with van der Waals surface area (Å²) in [4.78, 5) is 11.6. The van der Waals surface area contributed by atoms with Crippen LogP contribution < -0.4 is 10.6 Å². The number of para-hydroxylation sites is 2. The highest BCUT2D eigenvalue weighted by Crippen LogP contribution is 2.17. The number of hydrogen-bond donors (Lipinski definition) is 2. The number of nitrogens with zero attached hydrogens (tertiary/aromatic N) is 4. The number of unbranched alkanes of at least 4 members (excludes halogenated alkanes) is 1. The zero-order valence-electron chi connectivity index (χ0n) is 18.9. The Bertz CT molecular complexity index is 787. The summed E-state index contributed by atoms with van der Waals surface area (Å²) < 4.78 is 2.30. The van der Waals surface area contributed by atoms with Gasteiger partial charge in [0.15, 0.2) is 5.96 Å². The molecule has 1 aliphatic heterocycles. The summed E-state index contributed by atoms with van der Waals surface area (Å²) in [6.45, 7) is 9.81.